The van der Waals surface area contributed by atoms with Crippen molar-refractivity contribution in [1.82, 2.24) is 0 Å². The Morgan fingerprint density at radius 1 is 1.35 bits per heavy atom. The maximum Gasteiger partial charge on any atom is 0.125 e. The normalized spacial score (nSPS) is 10.9. The van der Waals surface area contributed by atoms with E-state index in [9.17, 15) is 4.39 Å². The first kappa shape index (κ1) is 13.0. The van der Waals surface area contributed by atoms with E-state index in [0.717, 1.165) is 5.57 Å². The second-order valence-electron chi connectivity index (χ2n) is 4.03. The summed E-state index contributed by atoms with van der Waals surface area (Å²) in [5.41, 5.74) is 8.75. The lowest BCUT2D eigenvalue weighted by atomic mass is 10.2. The van der Waals surface area contributed by atoms with Crippen LogP contribution < -0.4 is 11.1 Å². The van der Waals surface area contributed by atoms with Crippen molar-refractivity contribution >= 4 is 5.69 Å². The van der Waals surface area contributed by atoms with Gasteiger partial charge in [-0.3, -0.25) is 0 Å². The molecule has 90 valence electrons. The quantitative estimate of drug-likeness (QED) is 0.779. The number of nitrogens with one attached hydrogen (secondary N) is 1. The highest BCUT2D eigenvalue weighted by Gasteiger charge is 1.95. The smallest absolute Gasteiger partial charge is 0.125 e. The first-order chi connectivity index (χ1) is 7.97. The summed E-state index contributed by atoms with van der Waals surface area (Å²) in [7, 11) is 0. The minimum atomic E-state index is -0.288. The Labute approximate surface area is 101 Å². The zero-order valence-electron chi connectivity index (χ0n) is 10.1. The number of benzene rings is 1. The molecule has 17 heavy (non-hydrogen) atoms. The Bertz CT molecular complexity index is 469. The standard InChI is InChI=1S/C14H17FN2/c1-10(2)7-13(16)8-11(3)17-14-6-4-5-12(15)9-14/h4-9,17H,3,16H2,1-2H3/b13-8+. The highest BCUT2D eigenvalue weighted by atomic mass is 19.1. The molecule has 0 bridgehead atoms. The largest absolute Gasteiger partial charge is 0.399 e. The minimum Gasteiger partial charge on any atom is -0.399 e. The maximum atomic E-state index is 12.9. The van der Waals surface area contributed by atoms with Crippen LogP contribution in [0, 0.1) is 5.82 Å². The first-order valence-electron chi connectivity index (χ1n) is 5.31. The van der Waals surface area contributed by atoms with Crippen molar-refractivity contribution in [2.75, 3.05) is 5.32 Å². The van der Waals surface area contributed by atoms with Crippen LogP contribution in [0.4, 0.5) is 10.1 Å². The number of rotatable bonds is 4. The molecule has 0 aliphatic rings. The topological polar surface area (TPSA) is 38.0 Å². The monoisotopic (exact) mass is 232 g/mol. The summed E-state index contributed by atoms with van der Waals surface area (Å²) in [6.45, 7) is 7.73. The number of hydrogen-bond acceptors (Lipinski definition) is 2. The van der Waals surface area contributed by atoms with Crippen LogP contribution in [0.5, 0.6) is 0 Å². The molecule has 0 aromatic heterocycles. The van der Waals surface area contributed by atoms with Crippen molar-refractivity contribution in [2.24, 2.45) is 5.73 Å². The molecule has 1 aromatic rings. The van der Waals surface area contributed by atoms with E-state index in [4.69, 9.17) is 5.73 Å². The summed E-state index contributed by atoms with van der Waals surface area (Å²) in [5, 5.41) is 2.97. The second kappa shape index (κ2) is 5.89. The van der Waals surface area contributed by atoms with Crippen molar-refractivity contribution in [3.8, 4) is 0 Å². The summed E-state index contributed by atoms with van der Waals surface area (Å²) >= 11 is 0. The van der Waals surface area contributed by atoms with E-state index in [1.807, 2.05) is 19.9 Å². The zero-order chi connectivity index (χ0) is 12.8. The molecule has 0 unspecified atom stereocenters. The number of anilines is 1. The molecule has 1 aromatic carbocycles. The van der Waals surface area contributed by atoms with Crippen LogP contribution in [0.2, 0.25) is 0 Å². The van der Waals surface area contributed by atoms with E-state index >= 15 is 0 Å². The van der Waals surface area contributed by atoms with Gasteiger partial charge in [-0.2, -0.15) is 0 Å². The Balaban J connectivity index is 2.71. The van der Waals surface area contributed by atoms with E-state index in [2.05, 4.69) is 11.9 Å². The molecule has 0 amide bonds. The third kappa shape index (κ3) is 5.02. The number of halogens is 1. The zero-order valence-corrected chi connectivity index (χ0v) is 10.1. The highest BCUT2D eigenvalue weighted by Crippen LogP contribution is 2.12. The molecule has 0 radical (unpaired) electrons. The molecule has 3 heteroatoms. The summed E-state index contributed by atoms with van der Waals surface area (Å²) in [5.74, 6) is -0.288. The van der Waals surface area contributed by atoms with Gasteiger partial charge in [0, 0.05) is 17.1 Å². The molecule has 2 nitrogen and oxygen atoms in total. The van der Waals surface area contributed by atoms with Crippen LogP contribution in [-0.2, 0) is 0 Å². The fraction of sp³-hybridized carbons (Fsp3) is 0.143. The third-order valence-corrected chi connectivity index (χ3v) is 1.93. The van der Waals surface area contributed by atoms with Crippen molar-refractivity contribution in [3.05, 3.63) is 65.8 Å². The van der Waals surface area contributed by atoms with Gasteiger partial charge < -0.3 is 11.1 Å². The molecular weight excluding hydrogens is 215 g/mol. The molecule has 0 aliphatic carbocycles. The molecular formula is C14H17FN2. The van der Waals surface area contributed by atoms with E-state index in [1.54, 1.807) is 18.2 Å². The van der Waals surface area contributed by atoms with E-state index in [-0.39, 0.29) is 5.82 Å². The van der Waals surface area contributed by atoms with Gasteiger partial charge in [0.1, 0.15) is 5.82 Å². The average molecular weight is 232 g/mol. The van der Waals surface area contributed by atoms with Crippen LogP contribution in [-0.4, -0.2) is 0 Å². The SMILES string of the molecule is C=C(/C=C(/N)C=C(C)C)Nc1cccc(F)c1. The van der Waals surface area contributed by atoms with Crippen LogP contribution >= 0.6 is 0 Å². The Kier molecular flexibility index (Phi) is 4.52. The molecule has 0 fully saturated rings. The first-order valence-corrected chi connectivity index (χ1v) is 5.31. The molecule has 0 spiro atoms. The van der Waals surface area contributed by atoms with Crippen molar-refractivity contribution in [2.45, 2.75) is 13.8 Å². The summed E-state index contributed by atoms with van der Waals surface area (Å²) < 4.78 is 12.9. The van der Waals surface area contributed by atoms with Gasteiger partial charge in [-0.1, -0.05) is 18.2 Å². The van der Waals surface area contributed by atoms with Crippen molar-refractivity contribution < 1.29 is 4.39 Å². The fourth-order valence-electron chi connectivity index (χ4n) is 1.36. The molecule has 0 saturated carbocycles. The van der Waals surface area contributed by atoms with Crippen LogP contribution in [0.3, 0.4) is 0 Å². The number of hydrogen-bond donors (Lipinski definition) is 2. The number of allylic oxidation sites excluding steroid dienone is 3. The maximum absolute atomic E-state index is 12.9. The predicted octanol–water partition coefficient (Wildman–Crippen LogP) is 3.56. The van der Waals surface area contributed by atoms with E-state index in [1.165, 1.54) is 12.1 Å². The Morgan fingerprint density at radius 3 is 2.65 bits per heavy atom. The average Bonchev–Trinajstić information content (AvgIpc) is 2.14. The predicted molar refractivity (Wildman–Crippen MR) is 70.9 cm³/mol. The van der Waals surface area contributed by atoms with Gasteiger partial charge in [-0.25, -0.2) is 4.39 Å². The molecule has 1 rings (SSSR count). The van der Waals surface area contributed by atoms with Gasteiger partial charge in [0.25, 0.3) is 0 Å². The Morgan fingerprint density at radius 2 is 2.06 bits per heavy atom. The second-order valence-corrected chi connectivity index (χ2v) is 4.03. The number of nitrogens with two attached hydrogens (primary N) is 1. The lowest BCUT2D eigenvalue weighted by Crippen LogP contribution is -2.00. The van der Waals surface area contributed by atoms with Crippen LogP contribution in [0.25, 0.3) is 0 Å². The molecule has 3 N–H and O–H groups in total. The summed E-state index contributed by atoms with van der Waals surface area (Å²) in [6.07, 6.45) is 3.55. The fourth-order valence-corrected chi connectivity index (χ4v) is 1.36. The van der Waals surface area contributed by atoms with E-state index < -0.39 is 0 Å². The molecule has 0 atom stereocenters. The van der Waals surface area contributed by atoms with Crippen LogP contribution in [0.1, 0.15) is 13.8 Å². The van der Waals surface area contributed by atoms with Gasteiger partial charge in [0.05, 0.1) is 0 Å². The van der Waals surface area contributed by atoms with Crippen molar-refractivity contribution in [3.63, 3.8) is 0 Å². The molecule has 0 heterocycles. The highest BCUT2D eigenvalue weighted by molar-refractivity contribution is 5.50. The summed E-state index contributed by atoms with van der Waals surface area (Å²) in [4.78, 5) is 0. The van der Waals surface area contributed by atoms with Gasteiger partial charge in [-0.15, -0.1) is 0 Å². The minimum absolute atomic E-state index is 0.288. The lowest BCUT2D eigenvalue weighted by molar-refractivity contribution is 0.628. The van der Waals surface area contributed by atoms with Gasteiger partial charge in [0.2, 0.25) is 0 Å². The molecule has 0 aliphatic heterocycles. The van der Waals surface area contributed by atoms with E-state index in [0.29, 0.717) is 17.1 Å². The third-order valence-electron chi connectivity index (χ3n) is 1.93. The van der Waals surface area contributed by atoms with Crippen molar-refractivity contribution in [1.29, 1.82) is 0 Å². The lowest BCUT2D eigenvalue weighted by Gasteiger charge is -2.06. The Hall–Kier alpha value is -2.03. The van der Waals surface area contributed by atoms with Gasteiger partial charge in [0.15, 0.2) is 0 Å². The summed E-state index contributed by atoms with van der Waals surface area (Å²) in [6, 6.07) is 6.19. The molecule has 0 saturated heterocycles. The van der Waals surface area contributed by atoms with Crippen LogP contribution in [0.15, 0.2) is 60.0 Å². The van der Waals surface area contributed by atoms with Gasteiger partial charge in [-0.05, 0) is 44.2 Å². The van der Waals surface area contributed by atoms with Gasteiger partial charge >= 0.3 is 0 Å².